The van der Waals surface area contributed by atoms with E-state index in [1.54, 1.807) is 13.3 Å². The lowest BCUT2D eigenvalue weighted by molar-refractivity contribution is 0.413. The minimum absolute atomic E-state index is 0.101. The third kappa shape index (κ3) is 2.93. The minimum atomic E-state index is -0.125. The van der Waals surface area contributed by atoms with E-state index in [-0.39, 0.29) is 12.1 Å². The number of nitrogens with one attached hydrogen (secondary N) is 1. The van der Waals surface area contributed by atoms with Crippen molar-refractivity contribution in [1.82, 2.24) is 10.3 Å². The molecule has 0 bridgehead atoms. The summed E-state index contributed by atoms with van der Waals surface area (Å²) in [7, 11) is 1.66. The number of aromatic nitrogens is 1. The minimum Gasteiger partial charge on any atom is -0.497 e. The van der Waals surface area contributed by atoms with Crippen LogP contribution in [-0.4, -0.2) is 17.2 Å². The average Bonchev–Trinajstić information content (AvgIpc) is 3.25. The van der Waals surface area contributed by atoms with Crippen LogP contribution in [0.2, 0.25) is 0 Å². The predicted octanol–water partition coefficient (Wildman–Crippen LogP) is 4.17. The standard InChI is InChI=1S/C20H19N3O2S/c1-13-6-11-17(25-13)19-18(16-5-3-4-12-21-16)22-20(26)23(19)14-7-9-15(24-2)10-8-14/h3-12,18-19H,1-2H3,(H,22,26)/t18-,19+/m0/s1. The molecule has 0 spiro atoms. The Morgan fingerprint density at radius 2 is 1.92 bits per heavy atom. The molecule has 1 saturated heterocycles. The van der Waals surface area contributed by atoms with Crippen molar-refractivity contribution in [1.29, 1.82) is 0 Å². The predicted molar refractivity (Wildman–Crippen MR) is 104 cm³/mol. The van der Waals surface area contributed by atoms with E-state index < -0.39 is 0 Å². The maximum absolute atomic E-state index is 5.97. The molecule has 6 heteroatoms. The van der Waals surface area contributed by atoms with Gasteiger partial charge in [-0.05, 0) is 67.7 Å². The molecule has 0 unspecified atom stereocenters. The van der Waals surface area contributed by atoms with Crippen LogP contribution in [0, 0.1) is 6.92 Å². The molecule has 4 rings (SSSR count). The number of rotatable bonds is 4. The van der Waals surface area contributed by atoms with Gasteiger partial charge in [-0.1, -0.05) is 6.07 Å². The van der Waals surface area contributed by atoms with Crippen LogP contribution in [0.4, 0.5) is 5.69 Å². The molecule has 0 saturated carbocycles. The lowest BCUT2D eigenvalue weighted by Gasteiger charge is -2.26. The first-order valence-electron chi connectivity index (χ1n) is 8.38. The molecular weight excluding hydrogens is 346 g/mol. The molecule has 5 nitrogen and oxygen atoms in total. The molecule has 1 aliphatic heterocycles. The summed E-state index contributed by atoms with van der Waals surface area (Å²) in [5.41, 5.74) is 1.89. The molecule has 26 heavy (non-hydrogen) atoms. The maximum Gasteiger partial charge on any atom is 0.174 e. The number of thiocarbonyl (C=S) groups is 1. The number of methoxy groups -OCH3 is 1. The number of furan rings is 1. The van der Waals surface area contributed by atoms with Gasteiger partial charge in [-0.2, -0.15) is 0 Å². The summed E-state index contributed by atoms with van der Waals surface area (Å²) in [5.74, 6) is 2.52. The van der Waals surface area contributed by atoms with Gasteiger partial charge in [-0.15, -0.1) is 0 Å². The van der Waals surface area contributed by atoms with Gasteiger partial charge in [0.2, 0.25) is 0 Å². The molecule has 0 aliphatic carbocycles. The number of hydrogen-bond acceptors (Lipinski definition) is 4. The summed E-state index contributed by atoms with van der Waals surface area (Å²) in [5, 5.41) is 4.05. The number of benzene rings is 1. The lowest BCUT2D eigenvalue weighted by Crippen LogP contribution is -2.29. The molecule has 1 N–H and O–H groups in total. The first-order chi connectivity index (χ1) is 12.7. The number of anilines is 1. The van der Waals surface area contributed by atoms with Gasteiger partial charge >= 0.3 is 0 Å². The first-order valence-corrected chi connectivity index (χ1v) is 8.79. The molecule has 3 heterocycles. The quantitative estimate of drug-likeness (QED) is 0.701. The van der Waals surface area contributed by atoms with Crippen LogP contribution < -0.4 is 15.0 Å². The van der Waals surface area contributed by atoms with E-state index in [0.29, 0.717) is 5.11 Å². The highest BCUT2D eigenvalue weighted by molar-refractivity contribution is 7.80. The smallest absolute Gasteiger partial charge is 0.174 e. The molecule has 2 aromatic heterocycles. The first kappa shape index (κ1) is 16.6. The van der Waals surface area contributed by atoms with Gasteiger partial charge in [0.1, 0.15) is 23.3 Å². The van der Waals surface area contributed by atoms with Gasteiger partial charge in [-0.3, -0.25) is 4.98 Å². The van der Waals surface area contributed by atoms with E-state index in [0.717, 1.165) is 28.7 Å². The van der Waals surface area contributed by atoms with Crippen LogP contribution in [-0.2, 0) is 0 Å². The van der Waals surface area contributed by atoms with E-state index in [4.69, 9.17) is 21.4 Å². The summed E-state index contributed by atoms with van der Waals surface area (Å²) in [6.45, 7) is 1.94. The van der Waals surface area contributed by atoms with Crippen molar-refractivity contribution in [3.8, 4) is 5.75 Å². The van der Waals surface area contributed by atoms with Crippen molar-refractivity contribution in [2.75, 3.05) is 12.0 Å². The van der Waals surface area contributed by atoms with Crippen molar-refractivity contribution in [3.63, 3.8) is 0 Å². The van der Waals surface area contributed by atoms with E-state index in [1.165, 1.54) is 0 Å². The number of aryl methyl sites for hydroxylation is 1. The summed E-state index contributed by atoms with van der Waals surface area (Å²) in [6.07, 6.45) is 1.79. The Labute approximate surface area is 157 Å². The Bertz CT molecular complexity index is 908. The highest BCUT2D eigenvalue weighted by Crippen LogP contribution is 2.42. The van der Waals surface area contributed by atoms with Gasteiger partial charge < -0.3 is 19.4 Å². The van der Waals surface area contributed by atoms with Crippen LogP contribution >= 0.6 is 12.2 Å². The zero-order chi connectivity index (χ0) is 18.1. The van der Waals surface area contributed by atoms with Crippen molar-refractivity contribution >= 4 is 23.0 Å². The normalized spacial score (nSPS) is 19.5. The number of ether oxygens (including phenoxy) is 1. The Morgan fingerprint density at radius 3 is 2.54 bits per heavy atom. The fourth-order valence-electron chi connectivity index (χ4n) is 3.28. The Hall–Kier alpha value is -2.86. The SMILES string of the molecule is COc1ccc(N2C(=S)N[C@@H](c3ccccn3)[C@H]2c2ccc(C)o2)cc1. The topological polar surface area (TPSA) is 50.5 Å². The number of pyridine rings is 1. The molecule has 0 radical (unpaired) electrons. The molecular formula is C20H19N3O2S. The summed E-state index contributed by atoms with van der Waals surface area (Å²) < 4.78 is 11.2. The zero-order valence-electron chi connectivity index (χ0n) is 14.5. The molecule has 1 aromatic carbocycles. The monoisotopic (exact) mass is 365 g/mol. The Balaban J connectivity index is 1.79. The van der Waals surface area contributed by atoms with Crippen LogP contribution in [0.3, 0.4) is 0 Å². The maximum atomic E-state index is 5.97. The van der Waals surface area contributed by atoms with Crippen molar-refractivity contribution < 1.29 is 9.15 Å². The molecule has 1 fully saturated rings. The van der Waals surface area contributed by atoms with Gasteiger partial charge in [0.25, 0.3) is 0 Å². The molecule has 1 aliphatic rings. The number of nitrogens with zero attached hydrogens (tertiary/aromatic N) is 2. The second-order valence-corrected chi connectivity index (χ2v) is 6.53. The van der Waals surface area contributed by atoms with Gasteiger partial charge in [0, 0.05) is 11.9 Å². The summed E-state index contributed by atoms with van der Waals surface area (Å²) in [6, 6.07) is 17.5. The highest BCUT2D eigenvalue weighted by Gasteiger charge is 2.42. The van der Waals surface area contributed by atoms with Gasteiger partial charge in [0.05, 0.1) is 18.8 Å². The fourth-order valence-corrected chi connectivity index (χ4v) is 3.62. The van der Waals surface area contributed by atoms with Crippen LogP contribution in [0.5, 0.6) is 5.75 Å². The Morgan fingerprint density at radius 1 is 1.12 bits per heavy atom. The fraction of sp³-hybridized carbons (Fsp3) is 0.200. The summed E-state index contributed by atoms with van der Waals surface area (Å²) >= 11 is 5.66. The third-order valence-electron chi connectivity index (χ3n) is 4.50. The van der Waals surface area contributed by atoms with Gasteiger partial charge in [-0.25, -0.2) is 0 Å². The molecule has 3 aromatic rings. The molecule has 132 valence electrons. The van der Waals surface area contributed by atoms with Crippen molar-refractivity contribution in [2.24, 2.45) is 0 Å². The van der Waals surface area contributed by atoms with E-state index >= 15 is 0 Å². The van der Waals surface area contributed by atoms with E-state index in [9.17, 15) is 0 Å². The number of hydrogen-bond donors (Lipinski definition) is 1. The van der Waals surface area contributed by atoms with Crippen LogP contribution in [0.25, 0.3) is 0 Å². The van der Waals surface area contributed by atoms with Crippen LogP contribution in [0.15, 0.2) is 65.2 Å². The van der Waals surface area contributed by atoms with Crippen LogP contribution in [0.1, 0.15) is 29.3 Å². The van der Waals surface area contributed by atoms with Gasteiger partial charge in [0.15, 0.2) is 5.11 Å². The summed E-state index contributed by atoms with van der Waals surface area (Å²) in [4.78, 5) is 6.60. The average molecular weight is 365 g/mol. The lowest BCUT2D eigenvalue weighted by atomic mass is 10.0. The molecule has 2 atom stereocenters. The highest BCUT2D eigenvalue weighted by atomic mass is 32.1. The molecule has 0 amide bonds. The largest absolute Gasteiger partial charge is 0.497 e. The third-order valence-corrected chi connectivity index (χ3v) is 4.82. The zero-order valence-corrected chi connectivity index (χ0v) is 15.4. The second-order valence-electron chi connectivity index (χ2n) is 6.14. The van der Waals surface area contributed by atoms with E-state index in [2.05, 4.69) is 15.2 Å². The Kier molecular flexibility index (Phi) is 4.34. The second kappa shape index (κ2) is 6.80. The van der Waals surface area contributed by atoms with E-state index in [1.807, 2.05) is 61.5 Å². The van der Waals surface area contributed by atoms with Crippen molar-refractivity contribution in [2.45, 2.75) is 19.0 Å². The van der Waals surface area contributed by atoms with Crippen molar-refractivity contribution in [3.05, 3.63) is 78.0 Å².